The maximum atomic E-state index is 13.3. The van der Waals surface area contributed by atoms with Crippen molar-refractivity contribution in [3.05, 3.63) is 47.1 Å². The maximum Gasteiger partial charge on any atom is 0.224 e. The zero-order valence-corrected chi connectivity index (χ0v) is 8.97. The van der Waals surface area contributed by atoms with Gasteiger partial charge in [-0.15, -0.1) is 0 Å². The Labute approximate surface area is 99.3 Å². The van der Waals surface area contributed by atoms with E-state index in [4.69, 9.17) is 11.6 Å². The smallest absolute Gasteiger partial charge is 0.224 e. The number of anilines is 2. The second-order valence-electron chi connectivity index (χ2n) is 3.08. The van der Waals surface area contributed by atoms with Crippen molar-refractivity contribution in [1.82, 2.24) is 9.97 Å². The molecule has 17 heavy (non-hydrogen) atoms. The normalized spacial score (nSPS) is 10.4. The van der Waals surface area contributed by atoms with Gasteiger partial charge in [0.2, 0.25) is 5.28 Å². The molecular weight excluding hydrogens is 255 g/mol. The Morgan fingerprint density at radius 3 is 2.35 bits per heavy atom. The van der Waals surface area contributed by atoms with E-state index < -0.39 is 23.1 Å². The molecule has 0 aliphatic rings. The molecule has 2 rings (SSSR count). The minimum absolute atomic E-state index is 0.0714. The summed E-state index contributed by atoms with van der Waals surface area (Å²) in [6.07, 6.45) is 1.32. The molecule has 7 heteroatoms. The number of rotatable bonds is 2. The Hall–Kier alpha value is -1.82. The van der Waals surface area contributed by atoms with Crippen LogP contribution in [0.5, 0.6) is 0 Å². The quantitative estimate of drug-likeness (QED) is 0.841. The lowest BCUT2D eigenvalue weighted by atomic mass is 10.2. The fourth-order valence-electron chi connectivity index (χ4n) is 1.19. The molecule has 88 valence electrons. The van der Waals surface area contributed by atoms with Crippen LogP contribution in [0.4, 0.5) is 24.7 Å². The van der Waals surface area contributed by atoms with Crippen molar-refractivity contribution in [2.75, 3.05) is 5.32 Å². The highest BCUT2D eigenvalue weighted by Gasteiger charge is 2.12. The van der Waals surface area contributed by atoms with Gasteiger partial charge in [0.25, 0.3) is 0 Å². The maximum absolute atomic E-state index is 13.3. The van der Waals surface area contributed by atoms with E-state index in [1.54, 1.807) is 0 Å². The van der Waals surface area contributed by atoms with Gasteiger partial charge in [0.15, 0.2) is 11.6 Å². The predicted molar refractivity (Wildman–Crippen MR) is 56.6 cm³/mol. The average molecular weight is 260 g/mol. The molecule has 0 fully saturated rings. The number of nitrogens with one attached hydrogen (secondary N) is 1. The highest BCUT2D eigenvalue weighted by molar-refractivity contribution is 6.28. The average Bonchev–Trinajstić information content (AvgIpc) is 2.23. The summed E-state index contributed by atoms with van der Waals surface area (Å²) in [5.74, 6) is -3.00. The molecule has 1 aromatic carbocycles. The predicted octanol–water partition coefficient (Wildman–Crippen LogP) is 3.29. The van der Waals surface area contributed by atoms with Crippen LogP contribution >= 0.6 is 11.6 Å². The van der Waals surface area contributed by atoms with Crippen LogP contribution in [0.1, 0.15) is 0 Å². The van der Waals surface area contributed by atoms with Crippen LogP contribution in [0.2, 0.25) is 5.28 Å². The monoisotopic (exact) mass is 259 g/mol. The molecule has 0 saturated carbocycles. The summed E-state index contributed by atoms with van der Waals surface area (Å²) in [5.41, 5.74) is -0.499. The summed E-state index contributed by atoms with van der Waals surface area (Å²) >= 11 is 5.51. The molecule has 0 radical (unpaired) electrons. The van der Waals surface area contributed by atoms with Gasteiger partial charge in [-0.3, -0.25) is 0 Å². The standard InChI is InChI=1S/C10H5ClF3N3/c11-10-15-2-1-8(17-10)16-9-6(13)3-5(12)4-7(9)14/h1-4H,(H,15,16,17). The Balaban J connectivity index is 2.36. The van der Waals surface area contributed by atoms with Crippen LogP contribution in [0.3, 0.4) is 0 Å². The van der Waals surface area contributed by atoms with Gasteiger partial charge in [-0.1, -0.05) is 0 Å². The number of hydrogen-bond acceptors (Lipinski definition) is 3. The van der Waals surface area contributed by atoms with Crippen molar-refractivity contribution < 1.29 is 13.2 Å². The number of benzene rings is 1. The fourth-order valence-corrected chi connectivity index (χ4v) is 1.34. The van der Waals surface area contributed by atoms with E-state index >= 15 is 0 Å². The molecule has 1 N–H and O–H groups in total. The van der Waals surface area contributed by atoms with Gasteiger partial charge < -0.3 is 5.32 Å². The molecule has 0 amide bonds. The summed E-state index contributed by atoms with van der Waals surface area (Å²) in [6.45, 7) is 0. The van der Waals surface area contributed by atoms with Crippen LogP contribution in [0, 0.1) is 17.5 Å². The van der Waals surface area contributed by atoms with E-state index in [1.807, 2.05) is 0 Å². The van der Waals surface area contributed by atoms with Gasteiger partial charge in [-0.05, 0) is 17.7 Å². The summed E-state index contributed by atoms with van der Waals surface area (Å²) in [7, 11) is 0. The SMILES string of the molecule is Fc1cc(F)c(Nc2ccnc(Cl)n2)c(F)c1. The summed E-state index contributed by atoms with van der Waals surface area (Å²) in [4.78, 5) is 7.30. The number of aromatic nitrogens is 2. The summed E-state index contributed by atoms with van der Waals surface area (Å²) in [6, 6.07) is 2.50. The molecule has 1 heterocycles. The Kier molecular flexibility index (Phi) is 3.14. The number of halogens is 4. The summed E-state index contributed by atoms with van der Waals surface area (Å²) in [5, 5.41) is 2.28. The zero-order valence-electron chi connectivity index (χ0n) is 8.22. The second kappa shape index (κ2) is 4.58. The van der Waals surface area contributed by atoms with Crippen LogP contribution in [-0.2, 0) is 0 Å². The van der Waals surface area contributed by atoms with Gasteiger partial charge in [-0.2, -0.15) is 0 Å². The molecule has 0 aliphatic heterocycles. The molecule has 0 spiro atoms. The minimum atomic E-state index is -1.06. The van der Waals surface area contributed by atoms with Crippen LogP contribution in [0.15, 0.2) is 24.4 Å². The topological polar surface area (TPSA) is 37.8 Å². The van der Waals surface area contributed by atoms with Crippen LogP contribution < -0.4 is 5.32 Å². The number of hydrogen-bond donors (Lipinski definition) is 1. The van der Waals surface area contributed by atoms with Crippen molar-refractivity contribution in [3.63, 3.8) is 0 Å². The lowest BCUT2D eigenvalue weighted by molar-refractivity contribution is 0.548. The number of nitrogens with zero attached hydrogens (tertiary/aromatic N) is 2. The van der Waals surface area contributed by atoms with E-state index in [0.717, 1.165) is 0 Å². The Morgan fingerprint density at radius 1 is 1.12 bits per heavy atom. The second-order valence-corrected chi connectivity index (χ2v) is 3.42. The third-order valence-electron chi connectivity index (χ3n) is 1.89. The molecule has 3 nitrogen and oxygen atoms in total. The van der Waals surface area contributed by atoms with E-state index in [0.29, 0.717) is 12.1 Å². The van der Waals surface area contributed by atoms with Gasteiger partial charge in [0.1, 0.15) is 17.3 Å². The van der Waals surface area contributed by atoms with Gasteiger partial charge in [-0.25, -0.2) is 23.1 Å². The first-order valence-corrected chi connectivity index (χ1v) is 4.84. The first kappa shape index (κ1) is 11.7. The lowest BCUT2D eigenvalue weighted by Crippen LogP contribution is -2.00. The Morgan fingerprint density at radius 2 is 1.76 bits per heavy atom. The molecule has 0 bridgehead atoms. The summed E-state index contributed by atoms with van der Waals surface area (Å²) < 4.78 is 39.2. The largest absolute Gasteiger partial charge is 0.335 e. The molecule has 1 aromatic heterocycles. The van der Waals surface area contributed by atoms with Crippen molar-refractivity contribution >= 4 is 23.1 Å². The van der Waals surface area contributed by atoms with E-state index in [9.17, 15) is 13.2 Å². The van der Waals surface area contributed by atoms with Crippen molar-refractivity contribution in [2.45, 2.75) is 0 Å². The van der Waals surface area contributed by atoms with Crippen molar-refractivity contribution in [1.29, 1.82) is 0 Å². The third-order valence-corrected chi connectivity index (χ3v) is 2.07. The highest BCUT2D eigenvalue weighted by Crippen LogP contribution is 2.23. The van der Waals surface area contributed by atoms with Crippen molar-refractivity contribution in [2.24, 2.45) is 0 Å². The molecule has 0 saturated heterocycles. The van der Waals surface area contributed by atoms with Gasteiger partial charge in [0.05, 0.1) is 0 Å². The van der Waals surface area contributed by atoms with Crippen molar-refractivity contribution in [3.8, 4) is 0 Å². The third kappa shape index (κ3) is 2.65. The van der Waals surface area contributed by atoms with E-state index in [1.165, 1.54) is 12.3 Å². The minimum Gasteiger partial charge on any atom is -0.335 e. The first-order chi connectivity index (χ1) is 8.06. The molecular formula is C10H5ClF3N3. The molecule has 0 aliphatic carbocycles. The fraction of sp³-hybridized carbons (Fsp3) is 0. The van der Waals surface area contributed by atoms with Gasteiger partial charge >= 0.3 is 0 Å². The van der Waals surface area contributed by atoms with Gasteiger partial charge in [0, 0.05) is 18.3 Å². The first-order valence-electron chi connectivity index (χ1n) is 4.46. The molecule has 0 unspecified atom stereocenters. The van der Waals surface area contributed by atoms with Crippen LogP contribution in [-0.4, -0.2) is 9.97 Å². The zero-order chi connectivity index (χ0) is 12.4. The highest BCUT2D eigenvalue weighted by atomic mass is 35.5. The Bertz CT molecular complexity index is 539. The molecule has 0 atom stereocenters. The van der Waals surface area contributed by atoms with E-state index in [2.05, 4.69) is 15.3 Å². The lowest BCUT2D eigenvalue weighted by Gasteiger charge is -2.07. The van der Waals surface area contributed by atoms with E-state index in [-0.39, 0.29) is 11.1 Å². The molecule has 2 aromatic rings. The van der Waals surface area contributed by atoms with Crippen LogP contribution in [0.25, 0.3) is 0 Å².